The largest absolute Gasteiger partial charge is 0.491 e. The van der Waals surface area contributed by atoms with Gasteiger partial charge in [-0.3, -0.25) is 0 Å². The number of rotatable bonds is 6. The lowest BCUT2D eigenvalue weighted by Gasteiger charge is -2.08. The van der Waals surface area contributed by atoms with E-state index in [0.29, 0.717) is 5.75 Å². The Morgan fingerprint density at radius 3 is 2.76 bits per heavy atom. The summed E-state index contributed by atoms with van der Waals surface area (Å²) in [5, 5.41) is 0.156. The van der Waals surface area contributed by atoms with Crippen LogP contribution in [0.3, 0.4) is 0 Å². The first-order valence-electron chi connectivity index (χ1n) is 5.00. The molecule has 0 atom stereocenters. The Morgan fingerprint density at radius 2 is 2.18 bits per heavy atom. The lowest BCUT2D eigenvalue weighted by atomic mass is 10.3. The van der Waals surface area contributed by atoms with Gasteiger partial charge < -0.3 is 4.74 Å². The van der Waals surface area contributed by atoms with E-state index in [1.54, 1.807) is 6.92 Å². The van der Waals surface area contributed by atoms with E-state index < -0.39 is 15.8 Å². The van der Waals surface area contributed by atoms with Crippen LogP contribution in [0.5, 0.6) is 5.75 Å². The second-order valence-corrected chi connectivity index (χ2v) is 5.72. The fourth-order valence-electron chi connectivity index (χ4n) is 1.05. The van der Waals surface area contributed by atoms with Gasteiger partial charge in [-0.25, -0.2) is 17.5 Å². The standard InChI is InChI=1S/C10H13ClFNO3S/c1-2-17(14,15)13-5-6-16-10-4-3-8(12)7-9(10)11/h3-4,7,13H,2,5-6H2,1H3. The van der Waals surface area contributed by atoms with Crippen LogP contribution in [-0.2, 0) is 10.0 Å². The summed E-state index contributed by atoms with van der Waals surface area (Å²) in [4.78, 5) is 0. The van der Waals surface area contributed by atoms with Crippen molar-refractivity contribution in [2.75, 3.05) is 18.9 Å². The molecule has 0 aliphatic carbocycles. The van der Waals surface area contributed by atoms with Crippen molar-refractivity contribution in [1.82, 2.24) is 4.72 Å². The van der Waals surface area contributed by atoms with Gasteiger partial charge in [0.15, 0.2) is 0 Å². The normalized spacial score (nSPS) is 11.5. The summed E-state index contributed by atoms with van der Waals surface area (Å²) in [5.41, 5.74) is 0. The minimum atomic E-state index is -3.21. The quantitative estimate of drug-likeness (QED) is 0.809. The van der Waals surface area contributed by atoms with Crippen LogP contribution in [0.25, 0.3) is 0 Å². The highest BCUT2D eigenvalue weighted by molar-refractivity contribution is 7.89. The Bertz CT molecular complexity index is 478. The first-order valence-corrected chi connectivity index (χ1v) is 7.03. The first-order chi connectivity index (χ1) is 7.94. The van der Waals surface area contributed by atoms with E-state index in [4.69, 9.17) is 16.3 Å². The molecule has 96 valence electrons. The van der Waals surface area contributed by atoms with Crippen molar-refractivity contribution in [3.63, 3.8) is 0 Å². The average molecular weight is 282 g/mol. The molecule has 0 aromatic heterocycles. The maximum atomic E-state index is 12.7. The number of nitrogens with one attached hydrogen (secondary N) is 1. The highest BCUT2D eigenvalue weighted by Crippen LogP contribution is 2.24. The molecule has 1 aromatic rings. The summed E-state index contributed by atoms with van der Waals surface area (Å²) in [6.07, 6.45) is 0. The molecule has 0 radical (unpaired) electrons. The molecule has 0 unspecified atom stereocenters. The van der Waals surface area contributed by atoms with Gasteiger partial charge in [-0.05, 0) is 25.1 Å². The minimum absolute atomic E-state index is 0.0182. The molecule has 0 heterocycles. The SMILES string of the molecule is CCS(=O)(=O)NCCOc1ccc(F)cc1Cl. The van der Waals surface area contributed by atoms with Crippen molar-refractivity contribution < 1.29 is 17.5 Å². The summed E-state index contributed by atoms with van der Waals surface area (Å²) >= 11 is 5.72. The topological polar surface area (TPSA) is 55.4 Å². The van der Waals surface area contributed by atoms with Crippen molar-refractivity contribution in [2.24, 2.45) is 0 Å². The summed E-state index contributed by atoms with van der Waals surface area (Å²) in [6.45, 7) is 1.81. The highest BCUT2D eigenvalue weighted by atomic mass is 35.5. The van der Waals surface area contributed by atoms with Crippen molar-refractivity contribution >= 4 is 21.6 Å². The van der Waals surface area contributed by atoms with Crippen molar-refractivity contribution in [1.29, 1.82) is 0 Å². The third kappa shape index (κ3) is 4.89. The predicted molar refractivity (Wildman–Crippen MR) is 64.4 cm³/mol. The molecule has 1 N–H and O–H groups in total. The zero-order valence-corrected chi connectivity index (χ0v) is 10.8. The number of sulfonamides is 1. The molecule has 4 nitrogen and oxygen atoms in total. The smallest absolute Gasteiger partial charge is 0.211 e. The van der Waals surface area contributed by atoms with Gasteiger partial charge in [0.2, 0.25) is 10.0 Å². The predicted octanol–water partition coefficient (Wildman–Crippen LogP) is 1.80. The lowest BCUT2D eigenvalue weighted by Crippen LogP contribution is -2.29. The number of hydrogen-bond acceptors (Lipinski definition) is 3. The molecule has 0 amide bonds. The number of benzene rings is 1. The monoisotopic (exact) mass is 281 g/mol. The zero-order valence-electron chi connectivity index (χ0n) is 9.24. The Hall–Kier alpha value is -0.850. The molecule has 0 aliphatic rings. The van der Waals surface area contributed by atoms with Gasteiger partial charge >= 0.3 is 0 Å². The van der Waals surface area contributed by atoms with Gasteiger partial charge in [0.25, 0.3) is 0 Å². The fraction of sp³-hybridized carbons (Fsp3) is 0.400. The molecule has 17 heavy (non-hydrogen) atoms. The summed E-state index contributed by atoms with van der Waals surface area (Å²) < 4.78 is 42.4. The maximum Gasteiger partial charge on any atom is 0.211 e. The minimum Gasteiger partial charge on any atom is -0.491 e. The molecule has 0 saturated carbocycles. The average Bonchev–Trinajstić information content (AvgIpc) is 2.27. The van der Waals surface area contributed by atoms with E-state index in [1.807, 2.05) is 0 Å². The fourth-order valence-corrected chi connectivity index (χ4v) is 1.87. The van der Waals surface area contributed by atoms with Gasteiger partial charge in [0.1, 0.15) is 18.2 Å². The van der Waals surface area contributed by atoms with Crippen LogP contribution in [0.1, 0.15) is 6.92 Å². The number of hydrogen-bond donors (Lipinski definition) is 1. The van der Waals surface area contributed by atoms with Crippen LogP contribution in [0, 0.1) is 5.82 Å². The Labute approximate surface area is 105 Å². The molecule has 0 fully saturated rings. The van der Waals surface area contributed by atoms with Crippen LogP contribution in [-0.4, -0.2) is 27.3 Å². The van der Waals surface area contributed by atoms with E-state index in [-0.39, 0.29) is 23.9 Å². The van der Waals surface area contributed by atoms with Crippen LogP contribution in [0.15, 0.2) is 18.2 Å². The van der Waals surface area contributed by atoms with Crippen molar-refractivity contribution in [2.45, 2.75) is 6.92 Å². The molecule has 0 bridgehead atoms. The third-order valence-electron chi connectivity index (χ3n) is 1.96. The van der Waals surface area contributed by atoms with Gasteiger partial charge in [-0.1, -0.05) is 11.6 Å². The number of ether oxygens (including phenoxy) is 1. The summed E-state index contributed by atoms with van der Waals surface area (Å²) in [5.74, 6) is -0.109. The van der Waals surface area contributed by atoms with Gasteiger partial charge in [0.05, 0.1) is 10.8 Å². The number of halogens is 2. The Kier molecular flexibility index (Phi) is 5.17. The van der Waals surface area contributed by atoms with Crippen molar-refractivity contribution in [3.05, 3.63) is 29.0 Å². The Balaban J connectivity index is 2.41. The van der Waals surface area contributed by atoms with Gasteiger partial charge in [-0.15, -0.1) is 0 Å². The van der Waals surface area contributed by atoms with E-state index in [1.165, 1.54) is 12.1 Å². The molecule has 1 rings (SSSR count). The van der Waals surface area contributed by atoms with E-state index >= 15 is 0 Å². The molecule has 0 saturated heterocycles. The summed E-state index contributed by atoms with van der Waals surface area (Å²) in [7, 11) is -3.21. The van der Waals surface area contributed by atoms with Crippen molar-refractivity contribution in [3.8, 4) is 5.75 Å². The van der Waals surface area contributed by atoms with Crippen LogP contribution in [0.2, 0.25) is 5.02 Å². The van der Waals surface area contributed by atoms with E-state index in [0.717, 1.165) is 6.07 Å². The van der Waals surface area contributed by atoms with E-state index in [9.17, 15) is 12.8 Å². The van der Waals surface area contributed by atoms with Crippen LogP contribution in [0.4, 0.5) is 4.39 Å². The zero-order chi connectivity index (χ0) is 12.9. The second kappa shape index (κ2) is 6.18. The third-order valence-corrected chi connectivity index (χ3v) is 3.65. The Morgan fingerprint density at radius 1 is 1.47 bits per heavy atom. The first kappa shape index (κ1) is 14.2. The summed E-state index contributed by atoms with van der Waals surface area (Å²) in [6, 6.07) is 3.75. The van der Waals surface area contributed by atoms with Crippen LogP contribution >= 0.6 is 11.6 Å². The van der Waals surface area contributed by atoms with Crippen LogP contribution < -0.4 is 9.46 Å². The second-order valence-electron chi connectivity index (χ2n) is 3.22. The van der Waals surface area contributed by atoms with Gasteiger partial charge in [-0.2, -0.15) is 0 Å². The van der Waals surface area contributed by atoms with Gasteiger partial charge in [0, 0.05) is 6.54 Å². The molecular formula is C10H13ClFNO3S. The van der Waals surface area contributed by atoms with E-state index in [2.05, 4.69) is 4.72 Å². The molecule has 1 aromatic carbocycles. The lowest BCUT2D eigenvalue weighted by molar-refractivity contribution is 0.322. The highest BCUT2D eigenvalue weighted by Gasteiger charge is 2.06. The molecule has 0 spiro atoms. The molecular weight excluding hydrogens is 269 g/mol. The molecule has 7 heteroatoms. The molecule has 0 aliphatic heterocycles. The maximum absolute atomic E-state index is 12.7.